The first kappa shape index (κ1) is 9.67. The number of anilines is 1. The van der Waals surface area contributed by atoms with E-state index < -0.39 is 0 Å². The first-order chi connectivity index (χ1) is 6.22. The molecule has 13 heavy (non-hydrogen) atoms. The van der Waals surface area contributed by atoms with Gasteiger partial charge in [0.05, 0.1) is 0 Å². The van der Waals surface area contributed by atoms with Crippen molar-refractivity contribution in [1.29, 1.82) is 0 Å². The lowest BCUT2D eigenvalue weighted by Gasteiger charge is -2.00. The molecule has 1 aromatic heterocycles. The Labute approximate surface area is 80.7 Å². The lowest BCUT2D eigenvalue weighted by Crippen LogP contribution is -2.11. The minimum absolute atomic E-state index is 0.176. The van der Waals surface area contributed by atoms with E-state index in [9.17, 15) is 4.79 Å². The highest BCUT2D eigenvalue weighted by molar-refractivity contribution is 6.29. The number of hydrogen-bond acceptors (Lipinski definition) is 3. The molecule has 1 aromatic rings. The summed E-state index contributed by atoms with van der Waals surface area (Å²) in [6.07, 6.45) is 3.05. The normalized spacial score (nSPS) is 9.31. The number of aromatic nitrogens is 2. The monoisotopic (exact) mass is 197 g/mol. The summed E-state index contributed by atoms with van der Waals surface area (Å²) in [6.45, 7) is 3.44. The predicted octanol–water partition coefficient (Wildman–Crippen LogP) is 1.64. The molecule has 0 radical (unpaired) electrons. The maximum Gasteiger partial charge on any atom is 0.229 e. The fourth-order valence-corrected chi connectivity index (χ4v) is 0.874. The minimum atomic E-state index is -0.176. The van der Waals surface area contributed by atoms with Gasteiger partial charge in [0.2, 0.25) is 5.91 Å². The van der Waals surface area contributed by atoms with Crippen LogP contribution in [0.2, 0.25) is 5.15 Å². The third-order valence-electron chi connectivity index (χ3n) is 1.23. The number of nitrogens with zero attached hydrogens (tertiary/aromatic N) is 2. The van der Waals surface area contributed by atoms with Crippen LogP contribution >= 0.6 is 11.6 Å². The number of rotatable bonds is 3. The van der Waals surface area contributed by atoms with E-state index >= 15 is 0 Å². The average Bonchev–Trinajstić information content (AvgIpc) is 2.04. The predicted molar refractivity (Wildman–Crippen MR) is 50.5 cm³/mol. The van der Waals surface area contributed by atoms with E-state index in [1.54, 1.807) is 0 Å². The van der Waals surface area contributed by atoms with E-state index in [2.05, 4.69) is 21.9 Å². The zero-order chi connectivity index (χ0) is 9.68. The fourth-order valence-electron chi connectivity index (χ4n) is 0.727. The number of nitrogens with one attached hydrogen (secondary N) is 1. The van der Waals surface area contributed by atoms with Crippen molar-refractivity contribution in [3.8, 4) is 0 Å². The molecule has 1 N–H and O–H groups in total. The van der Waals surface area contributed by atoms with Crippen molar-refractivity contribution in [3.63, 3.8) is 0 Å². The zero-order valence-corrected chi connectivity index (χ0v) is 7.58. The topological polar surface area (TPSA) is 54.9 Å². The van der Waals surface area contributed by atoms with E-state index in [1.165, 1.54) is 18.5 Å². The van der Waals surface area contributed by atoms with Crippen LogP contribution in [0.1, 0.15) is 6.42 Å². The van der Waals surface area contributed by atoms with Crippen LogP contribution in [0.15, 0.2) is 25.0 Å². The molecule has 1 rings (SSSR count). The Hall–Kier alpha value is -1.42. The summed E-state index contributed by atoms with van der Waals surface area (Å²) >= 11 is 5.58. The van der Waals surface area contributed by atoms with Crippen molar-refractivity contribution in [2.24, 2.45) is 0 Å². The van der Waals surface area contributed by atoms with Crippen LogP contribution in [0.5, 0.6) is 0 Å². The van der Waals surface area contributed by atoms with Crippen LogP contribution in [-0.4, -0.2) is 15.9 Å². The van der Waals surface area contributed by atoms with Crippen LogP contribution in [0.25, 0.3) is 0 Å². The van der Waals surface area contributed by atoms with Gasteiger partial charge in [0.25, 0.3) is 0 Å². The Morgan fingerprint density at radius 1 is 1.69 bits per heavy atom. The molecule has 1 amide bonds. The highest BCUT2D eigenvalue weighted by atomic mass is 35.5. The second-order valence-electron chi connectivity index (χ2n) is 2.27. The van der Waals surface area contributed by atoms with Crippen molar-refractivity contribution in [3.05, 3.63) is 30.2 Å². The SMILES string of the molecule is C=CCC(=O)Nc1cc(Cl)ncn1. The minimum Gasteiger partial charge on any atom is -0.310 e. The quantitative estimate of drug-likeness (QED) is 0.592. The molecule has 0 saturated heterocycles. The van der Waals surface area contributed by atoms with Crippen molar-refractivity contribution in [2.45, 2.75) is 6.42 Å². The van der Waals surface area contributed by atoms with Gasteiger partial charge in [-0.3, -0.25) is 4.79 Å². The van der Waals surface area contributed by atoms with E-state index in [0.29, 0.717) is 11.0 Å². The molecule has 4 nitrogen and oxygen atoms in total. The number of halogens is 1. The van der Waals surface area contributed by atoms with E-state index in [1.807, 2.05) is 0 Å². The number of carbonyl (C=O) groups is 1. The Morgan fingerprint density at radius 3 is 3.08 bits per heavy atom. The first-order valence-electron chi connectivity index (χ1n) is 3.60. The summed E-state index contributed by atoms with van der Waals surface area (Å²) in [4.78, 5) is 18.5. The summed E-state index contributed by atoms with van der Waals surface area (Å²) in [6, 6.07) is 1.47. The maximum absolute atomic E-state index is 11.0. The van der Waals surface area contributed by atoms with Crippen molar-refractivity contribution < 1.29 is 4.79 Å². The summed E-state index contributed by atoms with van der Waals surface area (Å²) in [5.74, 6) is 0.219. The van der Waals surface area contributed by atoms with Gasteiger partial charge in [-0.1, -0.05) is 17.7 Å². The molecule has 0 aliphatic heterocycles. The van der Waals surface area contributed by atoms with E-state index in [4.69, 9.17) is 11.6 Å². The average molecular weight is 198 g/mol. The zero-order valence-electron chi connectivity index (χ0n) is 6.83. The Balaban J connectivity index is 2.63. The molecule has 68 valence electrons. The van der Waals surface area contributed by atoms with Crippen LogP contribution < -0.4 is 5.32 Å². The highest BCUT2D eigenvalue weighted by Gasteiger charge is 2.00. The van der Waals surface area contributed by atoms with Crippen molar-refractivity contribution in [2.75, 3.05) is 5.32 Å². The molecule has 0 spiro atoms. The summed E-state index contributed by atoms with van der Waals surface area (Å²) in [5, 5.41) is 2.83. The smallest absolute Gasteiger partial charge is 0.229 e. The van der Waals surface area contributed by atoms with E-state index in [0.717, 1.165) is 0 Å². The Bertz CT molecular complexity index is 327. The molecular weight excluding hydrogens is 190 g/mol. The van der Waals surface area contributed by atoms with Crippen molar-refractivity contribution in [1.82, 2.24) is 9.97 Å². The van der Waals surface area contributed by atoms with Gasteiger partial charge < -0.3 is 5.32 Å². The van der Waals surface area contributed by atoms with Gasteiger partial charge in [-0.25, -0.2) is 9.97 Å². The van der Waals surface area contributed by atoms with Gasteiger partial charge >= 0.3 is 0 Å². The first-order valence-corrected chi connectivity index (χ1v) is 3.98. The molecule has 0 atom stereocenters. The molecule has 1 heterocycles. The lowest BCUT2D eigenvalue weighted by molar-refractivity contribution is -0.115. The molecule has 0 aromatic carbocycles. The summed E-state index contributed by atoms with van der Waals surface area (Å²) in [5.41, 5.74) is 0. The second kappa shape index (κ2) is 4.57. The summed E-state index contributed by atoms with van der Waals surface area (Å²) in [7, 11) is 0. The third-order valence-corrected chi connectivity index (χ3v) is 1.44. The molecule has 0 bridgehead atoms. The van der Waals surface area contributed by atoms with Gasteiger partial charge in [-0.2, -0.15) is 0 Å². The molecule has 0 fully saturated rings. The summed E-state index contributed by atoms with van der Waals surface area (Å²) < 4.78 is 0. The fraction of sp³-hybridized carbons (Fsp3) is 0.125. The van der Waals surface area contributed by atoms with Gasteiger partial charge in [0, 0.05) is 12.5 Å². The van der Waals surface area contributed by atoms with Gasteiger partial charge in [0.1, 0.15) is 17.3 Å². The number of hydrogen-bond donors (Lipinski definition) is 1. The van der Waals surface area contributed by atoms with Gasteiger partial charge in [-0.05, 0) is 0 Å². The van der Waals surface area contributed by atoms with Crippen LogP contribution in [0.4, 0.5) is 5.82 Å². The maximum atomic E-state index is 11.0. The van der Waals surface area contributed by atoms with Crippen LogP contribution in [0.3, 0.4) is 0 Å². The van der Waals surface area contributed by atoms with Crippen LogP contribution in [-0.2, 0) is 4.79 Å². The lowest BCUT2D eigenvalue weighted by atomic mass is 10.4. The van der Waals surface area contributed by atoms with Crippen LogP contribution in [0, 0.1) is 0 Å². The number of carbonyl (C=O) groups excluding carboxylic acids is 1. The molecule has 0 saturated carbocycles. The van der Waals surface area contributed by atoms with Crippen molar-refractivity contribution >= 4 is 23.3 Å². The molecule has 5 heteroatoms. The number of amides is 1. The molecular formula is C8H8ClN3O. The molecule has 0 unspecified atom stereocenters. The second-order valence-corrected chi connectivity index (χ2v) is 2.65. The standard InChI is InChI=1S/C8H8ClN3O/c1-2-3-8(13)12-7-4-6(9)10-5-11-7/h2,4-5H,1,3H2,(H,10,11,12,13). The Morgan fingerprint density at radius 2 is 2.46 bits per heavy atom. The molecule has 0 aliphatic rings. The van der Waals surface area contributed by atoms with Gasteiger partial charge in [-0.15, -0.1) is 6.58 Å². The third kappa shape index (κ3) is 3.21. The van der Waals surface area contributed by atoms with E-state index in [-0.39, 0.29) is 12.3 Å². The van der Waals surface area contributed by atoms with Gasteiger partial charge in [0.15, 0.2) is 0 Å². The molecule has 0 aliphatic carbocycles. The highest BCUT2D eigenvalue weighted by Crippen LogP contribution is 2.08. The largest absolute Gasteiger partial charge is 0.310 e. The Kier molecular flexibility index (Phi) is 3.40.